The van der Waals surface area contributed by atoms with Crippen molar-refractivity contribution in [2.75, 3.05) is 6.26 Å². The molecule has 1 nitrogen and oxygen atoms in total. The Morgan fingerprint density at radius 1 is 0.559 bits per heavy atom. The van der Waals surface area contributed by atoms with Crippen LogP contribution in [0.25, 0.3) is 49.7 Å². The largest absolute Gasteiger partial charge is 0.309 e. The first-order valence-electron chi connectivity index (χ1n) is 11.6. The van der Waals surface area contributed by atoms with Gasteiger partial charge in [0.1, 0.15) is 0 Å². The predicted molar refractivity (Wildman–Crippen MR) is 148 cm³/mol. The van der Waals surface area contributed by atoms with Gasteiger partial charge < -0.3 is 4.57 Å². The van der Waals surface area contributed by atoms with Crippen LogP contribution in [0.3, 0.4) is 0 Å². The SMILES string of the molecule is CSc1c(-c2ccccc2)cc(C)cc1-c1ccc(-n2c3ccccc3c3ccccc32)cc1. The van der Waals surface area contributed by atoms with E-state index in [9.17, 15) is 0 Å². The summed E-state index contributed by atoms with van der Waals surface area (Å²) in [5.41, 5.74) is 10.0. The summed E-state index contributed by atoms with van der Waals surface area (Å²) in [5, 5.41) is 2.58. The van der Waals surface area contributed by atoms with Crippen molar-refractivity contribution in [1.29, 1.82) is 0 Å². The minimum atomic E-state index is 1.18. The molecule has 0 radical (unpaired) electrons. The van der Waals surface area contributed by atoms with E-state index in [4.69, 9.17) is 0 Å². The first-order valence-corrected chi connectivity index (χ1v) is 12.8. The molecule has 34 heavy (non-hydrogen) atoms. The Kier molecular flexibility index (Phi) is 5.24. The van der Waals surface area contributed by atoms with Crippen LogP contribution in [0, 0.1) is 6.92 Å². The second kappa shape index (κ2) is 8.55. The van der Waals surface area contributed by atoms with Gasteiger partial charge in [0.25, 0.3) is 0 Å². The van der Waals surface area contributed by atoms with Crippen LogP contribution in [0.5, 0.6) is 0 Å². The Bertz CT molecular complexity index is 1570. The summed E-state index contributed by atoms with van der Waals surface area (Å²) in [6.45, 7) is 2.19. The first-order chi connectivity index (χ1) is 16.7. The molecule has 1 heterocycles. The van der Waals surface area contributed by atoms with Crippen LogP contribution < -0.4 is 0 Å². The smallest absolute Gasteiger partial charge is 0.0541 e. The highest BCUT2D eigenvalue weighted by Gasteiger charge is 2.14. The van der Waals surface area contributed by atoms with E-state index in [-0.39, 0.29) is 0 Å². The molecule has 0 atom stereocenters. The number of hydrogen-bond acceptors (Lipinski definition) is 1. The van der Waals surface area contributed by atoms with Gasteiger partial charge >= 0.3 is 0 Å². The van der Waals surface area contributed by atoms with Crippen molar-refractivity contribution in [2.24, 2.45) is 0 Å². The van der Waals surface area contributed by atoms with E-state index in [1.165, 1.54) is 60.2 Å². The average Bonchev–Trinajstić information content (AvgIpc) is 3.23. The zero-order chi connectivity index (χ0) is 23.1. The maximum atomic E-state index is 2.37. The van der Waals surface area contributed by atoms with Gasteiger partial charge in [0, 0.05) is 21.4 Å². The van der Waals surface area contributed by atoms with Gasteiger partial charge in [-0.25, -0.2) is 0 Å². The van der Waals surface area contributed by atoms with E-state index in [1.54, 1.807) is 0 Å². The van der Waals surface area contributed by atoms with E-state index >= 15 is 0 Å². The topological polar surface area (TPSA) is 4.93 Å². The molecule has 0 saturated carbocycles. The van der Waals surface area contributed by atoms with E-state index in [1.807, 2.05) is 11.8 Å². The van der Waals surface area contributed by atoms with Gasteiger partial charge in [-0.15, -0.1) is 11.8 Å². The van der Waals surface area contributed by atoms with Crippen LogP contribution >= 0.6 is 11.8 Å². The zero-order valence-electron chi connectivity index (χ0n) is 19.3. The fraction of sp³-hybridized carbons (Fsp3) is 0.0625. The van der Waals surface area contributed by atoms with Crippen molar-refractivity contribution in [2.45, 2.75) is 11.8 Å². The molecule has 0 aliphatic heterocycles. The molecule has 6 rings (SSSR count). The lowest BCUT2D eigenvalue weighted by molar-refractivity contribution is 1.18. The monoisotopic (exact) mass is 455 g/mol. The summed E-state index contributed by atoms with van der Waals surface area (Å²) < 4.78 is 2.37. The maximum absolute atomic E-state index is 2.37. The van der Waals surface area contributed by atoms with Crippen molar-refractivity contribution in [1.82, 2.24) is 4.57 Å². The van der Waals surface area contributed by atoms with Gasteiger partial charge in [-0.2, -0.15) is 0 Å². The number of thioether (sulfide) groups is 1. The lowest BCUT2D eigenvalue weighted by Crippen LogP contribution is -1.94. The van der Waals surface area contributed by atoms with Gasteiger partial charge in [0.2, 0.25) is 0 Å². The highest BCUT2D eigenvalue weighted by molar-refractivity contribution is 7.98. The normalized spacial score (nSPS) is 11.4. The van der Waals surface area contributed by atoms with Crippen LogP contribution in [0.15, 0.2) is 120 Å². The van der Waals surface area contributed by atoms with Gasteiger partial charge in [-0.05, 0) is 65.3 Å². The number of benzene rings is 5. The Morgan fingerprint density at radius 3 is 1.62 bits per heavy atom. The fourth-order valence-electron chi connectivity index (χ4n) is 5.03. The van der Waals surface area contributed by atoms with Crippen LogP contribution in [-0.4, -0.2) is 10.8 Å². The molecule has 1 aromatic heterocycles. The quantitative estimate of drug-likeness (QED) is 0.240. The number of hydrogen-bond donors (Lipinski definition) is 0. The lowest BCUT2D eigenvalue weighted by Gasteiger charge is -2.16. The number of para-hydroxylation sites is 2. The van der Waals surface area contributed by atoms with Crippen molar-refractivity contribution in [3.8, 4) is 27.9 Å². The highest BCUT2D eigenvalue weighted by atomic mass is 32.2. The number of rotatable bonds is 4. The van der Waals surface area contributed by atoms with Gasteiger partial charge in [-0.1, -0.05) is 91.0 Å². The number of fused-ring (bicyclic) bond motifs is 3. The van der Waals surface area contributed by atoms with E-state index in [2.05, 4.69) is 133 Å². The molecule has 0 fully saturated rings. The summed E-state index contributed by atoms with van der Waals surface area (Å²) >= 11 is 1.82. The number of aromatic nitrogens is 1. The van der Waals surface area contributed by atoms with Crippen LogP contribution in [-0.2, 0) is 0 Å². The van der Waals surface area contributed by atoms with Crippen LogP contribution in [0.2, 0.25) is 0 Å². The fourth-order valence-corrected chi connectivity index (χ4v) is 5.82. The standard InChI is InChI=1S/C32H25NS/c1-22-20-28(23-10-4-3-5-11-23)32(34-2)29(21-22)24-16-18-25(19-17-24)33-30-14-8-6-12-26(30)27-13-7-9-15-31(27)33/h3-21H,1-2H3. The third kappa shape index (κ3) is 3.43. The molecule has 0 aliphatic rings. The Morgan fingerprint density at radius 2 is 1.06 bits per heavy atom. The van der Waals surface area contributed by atoms with Crippen molar-refractivity contribution >= 4 is 33.6 Å². The molecule has 0 amide bonds. The second-order valence-electron chi connectivity index (χ2n) is 8.68. The minimum absolute atomic E-state index is 1.18. The molecule has 0 saturated heterocycles. The van der Waals surface area contributed by atoms with Crippen LogP contribution in [0.4, 0.5) is 0 Å². The molecule has 0 N–H and O–H groups in total. The Balaban J connectivity index is 1.51. The summed E-state index contributed by atoms with van der Waals surface area (Å²) in [6.07, 6.45) is 2.17. The average molecular weight is 456 g/mol. The number of aryl methyl sites for hydroxylation is 1. The third-order valence-corrected chi connectivity index (χ3v) is 7.39. The van der Waals surface area contributed by atoms with E-state index in [0.717, 1.165) is 0 Å². The van der Waals surface area contributed by atoms with E-state index in [0.29, 0.717) is 0 Å². The highest BCUT2D eigenvalue weighted by Crippen LogP contribution is 2.40. The van der Waals surface area contributed by atoms with Gasteiger partial charge in [-0.3, -0.25) is 0 Å². The summed E-state index contributed by atoms with van der Waals surface area (Å²) in [6, 6.07) is 41.7. The van der Waals surface area contributed by atoms with Gasteiger partial charge in [0.15, 0.2) is 0 Å². The van der Waals surface area contributed by atoms with Crippen molar-refractivity contribution < 1.29 is 0 Å². The van der Waals surface area contributed by atoms with Gasteiger partial charge in [0.05, 0.1) is 11.0 Å². The van der Waals surface area contributed by atoms with Crippen LogP contribution in [0.1, 0.15) is 5.56 Å². The lowest BCUT2D eigenvalue weighted by atomic mass is 9.96. The third-order valence-electron chi connectivity index (χ3n) is 6.54. The van der Waals surface area contributed by atoms with E-state index < -0.39 is 0 Å². The van der Waals surface area contributed by atoms with Crippen molar-refractivity contribution in [3.05, 3.63) is 121 Å². The molecular formula is C32H25NS. The maximum Gasteiger partial charge on any atom is 0.0541 e. The molecule has 0 aliphatic carbocycles. The minimum Gasteiger partial charge on any atom is -0.309 e. The van der Waals surface area contributed by atoms with Crippen molar-refractivity contribution in [3.63, 3.8) is 0 Å². The predicted octanol–water partition coefficient (Wildman–Crippen LogP) is 9.15. The Labute approximate surface area is 204 Å². The second-order valence-corrected chi connectivity index (χ2v) is 9.49. The molecule has 0 spiro atoms. The molecule has 164 valence electrons. The first kappa shape index (κ1) is 20.8. The summed E-state index contributed by atoms with van der Waals surface area (Å²) in [7, 11) is 0. The number of nitrogens with zero attached hydrogens (tertiary/aromatic N) is 1. The zero-order valence-corrected chi connectivity index (χ0v) is 20.1. The molecular weight excluding hydrogens is 430 g/mol. The Hall–Kier alpha value is -3.75. The summed E-state index contributed by atoms with van der Waals surface area (Å²) in [5.74, 6) is 0. The molecule has 0 bridgehead atoms. The molecule has 0 unspecified atom stereocenters. The molecule has 6 aromatic rings. The molecule has 2 heteroatoms. The summed E-state index contributed by atoms with van der Waals surface area (Å²) in [4.78, 5) is 1.32. The molecule has 5 aromatic carbocycles.